The Balaban J connectivity index is 1.86. The number of anilines is 1. The van der Waals surface area contributed by atoms with Crippen LogP contribution in [-0.4, -0.2) is 34.2 Å². The summed E-state index contributed by atoms with van der Waals surface area (Å²) in [5, 5.41) is 5.89. The lowest BCUT2D eigenvalue weighted by Crippen LogP contribution is -2.39. The van der Waals surface area contributed by atoms with E-state index in [0.717, 1.165) is 20.3 Å². The van der Waals surface area contributed by atoms with E-state index in [-0.39, 0.29) is 4.90 Å². The van der Waals surface area contributed by atoms with Crippen LogP contribution >= 0.6 is 11.3 Å². The van der Waals surface area contributed by atoms with Crippen LogP contribution in [0.4, 0.5) is 5.69 Å². The number of hydrogen-bond acceptors (Lipinski definition) is 6. The molecule has 0 saturated carbocycles. The molecule has 0 saturated heterocycles. The maximum atomic E-state index is 13.3. The minimum absolute atomic E-state index is 0.0967. The van der Waals surface area contributed by atoms with Crippen molar-refractivity contribution in [1.82, 2.24) is 5.43 Å². The number of sulfonamides is 1. The molecule has 0 spiro atoms. The highest BCUT2D eigenvalue weighted by molar-refractivity contribution is 7.92. The molecule has 0 aliphatic rings. The minimum Gasteiger partial charge on any atom is -0.497 e. The van der Waals surface area contributed by atoms with Crippen LogP contribution < -0.4 is 14.5 Å². The Labute approximate surface area is 186 Å². The number of hydrazone groups is 1. The van der Waals surface area contributed by atoms with E-state index < -0.39 is 22.5 Å². The van der Waals surface area contributed by atoms with Crippen molar-refractivity contribution in [2.75, 3.05) is 18.0 Å². The van der Waals surface area contributed by atoms with E-state index in [4.69, 9.17) is 4.74 Å². The van der Waals surface area contributed by atoms with E-state index >= 15 is 0 Å². The number of carbonyl (C=O) groups is 1. The van der Waals surface area contributed by atoms with E-state index in [9.17, 15) is 13.2 Å². The van der Waals surface area contributed by atoms with E-state index in [0.29, 0.717) is 11.4 Å². The first-order valence-corrected chi connectivity index (χ1v) is 11.7. The number of hydrogen-bond donors (Lipinski definition) is 1. The number of methoxy groups -OCH3 is 1. The zero-order valence-electron chi connectivity index (χ0n) is 17.4. The largest absolute Gasteiger partial charge is 0.497 e. The van der Waals surface area contributed by atoms with Crippen molar-refractivity contribution >= 4 is 39.2 Å². The Kier molecular flexibility index (Phi) is 7.09. The van der Waals surface area contributed by atoms with Crippen molar-refractivity contribution in [2.45, 2.75) is 18.7 Å². The molecule has 0 aliphatic carbocycles. The number of aryl methyl sites for hydroxylation is 2. The molecule has 0 radical (unpaired) electrons. The number of nitrogens with one attached hydrogen (secondary N) is 1. The van der Waals surface area contributed by atoms with Gasteiger partial charge in [-0.15, -0.1) is 11.3 Å². The van der Waals surface area contributed by atoms with Crippen molar-refractivity contribution in [2.24, 2.45) is 5.10 Å². The second kappa shape index (κ2) is 9.76. The minimum atomic E-state index is -3.98. The van der Waals surface area contributed by atoms with Crippen LogP contribution in [0.15, 0.2) is 70.0 Å². The normalized spacial score (nSPS) is 11.5. The van der Waals surface area contributed by atoms with Crippen LogP contribution in [0.2, 0.25) is 0 Å². The second-order valence-electron chi connectivity index (χ2n) is 6.78. The summed E-state index contributed by atoms with van der Waals surface area (Å²) in [6.45, 7) is 3.39. The van der Waals surface area contributed by atoms with Gasteiger partial charge >= 0.3 is 0 Å². The fourth-order valence-electron chi connectivity index (χ4n) is 2.75. The van der Waals surface area contributed by atoms with Crippen molar-refractivity contribution in [1.29, 1.82) is 0 Å². The van der Waals surface area contributed by atoms with E-state index in [1.807, 2.05) is 25.3 Å². The smallest absolute Gasteiger partial charge is 0.264 e. The highest BCUT2D eigenvalue weighted by Crippen LogP contribution is 2.26. The molecular formula is C22H23N3O4S2. The van der Waals surface area contributed by atoms with Crippen molar-refractivity contribution in [3.63, 3.8) is 0 Å². The molecule has 7 nitrogen and oxygen atoms in total. The summed E-state index contributed by atoms with van der Waals surface area (Å²) < 4.78 is 32.8. The fraction of sp³-hybridized carbons (Fsp3) is 0.182. The van der Waals surface area contributed by atoms with Crippen LogP contribution in [-0.2, 0) is 14.8 Å². The van der Waals surface area contributed by atoms with Gasteiger partial charge in [0.2, 0.25) is 0 Å². The summed E-state index contributed by atoms with van der Waals surface area (Å²) in [6, 6.07) is 14.9. The van der Waals surface area contributed by atoms with Crippen LogP contribution in [0.5, 0.6) is 5.75 Å². The first kappa shape index (κ1) is 22.5. The van der Waals surface area contributed by atoms with Gasteiger partial charge in [0.1, 0.15) is 12.3 Å². The molecule has 2 aromatic carbocycles. The third kappa shape index (κ3) is 5.50. The molecule has 0 aliphatic heterocycles. The van der Waals surface area contributed by atoms with E-state index in [1.54, 1.807) is 42.6 Å². The Hall–Kier alpha value is -3.17. The number of amides is 1. The summed E-state index contributed by atoms with van der Waals surface area (Å²) in [7, 11) is -2.45. The lowest BCUT2D eigenvalue weighted by atomic mass is 10.2. The highest BCUT2D eigenvalue weighted by Gasteiger charge is 2.27. The monoisotopic (exact) mass is 457 g/mol. The summed E-state index contributed by atoms with van der Waals surface area (Å²) >= 11 is 1.50. The Morgan fingerprint density at radius 2 is 1.77 bits per heavy atom. The molecule has 0 atom stereocenters. The number of rotatable bonds is 8. The van der Waals surface area contributed by atoms with Gasteiger partial charge in [0.15, 0.2) is 0 Å². The van der Waals surface area contributed by atoms with Gasteiger partial charge in [-0.05, 0) is 67.3 Å². The molecule has 1 amide bonds. The molecule has 0 unspecified atom stereocenters. The molecule has 0 fully saturated rings. The zero-order chi connectivity index (χ0) is 22.4. The molecule has 31 heavy (non-hydrogen) atoms. The summed E-state index contributed by atoms with van der Waals surface area (Å²) in [5.74, 6) is 0.0220. The van der Waals surface area contributed by atoms with Gasteiger partial charge in [-0.2, -0.15) is 5.10 Å². The lowest BCUT2D eigenvalue weighted by Gasteiger charge is -2.24. The predicted octanol–water partition coefficient (Wildman–Crippen LogP) is 3.72. The number of ether oxygens (including phenoxy) is 1. The third-order valence-corrected chi connectivity index (χ3v) is 7.27. The topological polar surface area (TPSA) is 88.1 Å². The quantitative estimate of drug-likeness (QED) is 0.412. The molecule has 1 N–H and O–H groups in total. The summed E-state index contributed by atoms with van der Waals surface area (Å²) in [5.41, 5.74) is 4.73. The third-order valence-electron chi connectivity index (χ3n) is 4.53. The molecule has 9 heteroatoms. The van der Waals surface area contributed by atoms with Gasteiger partial charge in [-0.3, -0.25) is 9.10 Å². The molecule has 1 aromatic heterocycles. The number of benzene rings is 2. The Morgan fingerprint density at radius 1 is 1.10 bits per heavy atom. The van der Waals surface area contributed by atoms with Crippen LogP contribution in [0.3, 0.4) is 0 Å². The van der Waals surface area contributed by atoms with Gasteiger partial charge in [0.05, 0.1) is 23.9 Å². The maximum absolute atomic E-state index is 13.3. The Morgan fingerprint density at radius 3 is 2.35 bits per heavy atom. The number of carbonyl (C=O) groups excluding carboxylic acids is 1. The molecule has 162 valence electrons. The number of thiophene rings is 1. The SMILES string of the molecule is COc1ccc(N(CC(=O)N/N=C/c2sccc2C)S(=O)(=O)c2ccc(C)cc2)cc1. The molecule has 3 aromatic rings. The first-order chi connectivity index (χ1) is 14.8. The van der Waals surface area contributed by atoms with Gasteiger partial charge in [0, 0.05) is 4.88 Å². The zero-order valence-corrected chi connectivity index (χ0v) is 19.0. The van der Waals surface area contributed by atoms with Crippen LogP contribution in [0.1, 0.15) is 16.0 Å². The molecule has 3 rings (SSSR count). The second-order valence-corrected chi connectivity index (χ2v) is 9.59. The van der Waals surface area contributed by atoms with Gasteiger partial charge in [-0.25, -0.2) is 13.8 Å². The standard InChI is InChI=1S/C22H23N3O4S2/c1-16-4-10-20(11-5-16)31(27,28)25(18-6-8-19(29-3)9-7-18)15-22(26)24-23-14-21-17(2)12-13-30-21/h4-14H,15H2,1-3H3,(H,24,26)/b23-14+. The first-order valence-electron chi connectivity index (χ1n) is 9.40. The average Bonchev–Trinajstić information content (AvgIpc) is 3.17. The van der Waals surface area contributed by atoms with Gasteiger partial charge in [0.25, 0.3) is 15.9 Å². The van der Waals surface area contributed by atoms with E-state index in [1.165, 1.54) is 30.6 Å². The van der Waals surface area contributed by atoms with Crippen molar-refractivity contribution < 1.29 is 17.9 Å². The van der Waals surface area contributed by atoms with Crippen molar-refractivity contribution in [3.8, 4) is 5.75 Å². The Bertz CT molecular complexity index is 1170. The lowest BCUT2D eigenvalue weighted by molar-refractivity contribution is -0.119. The average molecular weight is 458 g/mol. The predicted molar refractivity (Wildman–Crippen MR) is 123 cm³/mol. The van der Waals surface area contributed by atoms with Gasteiger partial charge < -0.3 is 4.74 Å². The highest BCUT2D eigenvalue weighted by atomic mass is 32.2. The van der Waals surface area contributed by atoms with Crippen molar-refractivity contribution in [3.05, 3.63) is 76.0 Å². The molecular weight excluding hydrogens is 434 g/mol. The molecule has 1 heterocycles. The maximum Gasteiger partial charge on any atom is 0.264 e. The summed E-state index contributed by atoms with van der Waals surface area (Å²) in [4.78, 5) is 13.6. The van der Waals surface area contributed by atoms with Gasteiger partial charge in [-0.1, -0.05) is 17.7 Å². The van der Waals surface area contributed by atoms with Crippen LogP contribution in [0, 0.1) is 13.8 Å². The molecule has 0 bridgehead atoms. The van der Waals surface area contributed by atoms with Crippen LogP contribution in [0.25, 0.3) is 0 Å². The fourth-order valence-corrected chi connectivity index (χ4v) is 4.95. The summed E-state index contributed by atoms with van der Waals surface area (Å²) in [6.07, 6.45) is 1.55. The number of nitrogens with zero attached hydrogens (tertiary/aromatic N) is 2. The van der Waals surface area contributed by atoms with E-state index in [2.05, 4.69) is 10.5 Å².